The zero-order valence-electron chi connectivity index (χ0n) is 10.8. The van der Waals surface area contributed by atoms with Crippen molar-refractivity contribution in [3.63, 3.8) is 0 Å². The van der Waals surface area contributed by atoms with Gasteiger partial charge in [-0.1, -0.05) is 0 Å². The Balaban J connectivity index is 1.69. The topological polar surface area (TPSA) is 78.4 Å². The highest BCUT2D eigenvalue weighted by atomic mass is 16.4. The minimum Gasteiger partial charge on any atom is -0.481 e. The second-order valence-corrected chi connectivity index (χ2v) is 5.56. The zero-order valence-corrected chi connectivity index (χ0v) is 10.8. The Kier molecular flexibility index (Phi) is 4.22. The number of hydrogen-bond acceptors (Lipinski definition) is 3. The van der Waals surface area contributed by atoms with Crippen LogP contribution in [-0.2, 0) is 9.59 Å². The van der Waals surface area contributed by atoms with Crippen LogP contribution < -0.4 is 10.6 Å². The second kappa shape index (κ2) is 5.69. The minimum absolute atomic E-state index is 0.0675. The van der Waals surface area contributed by atoms with Gasteiger partial charge in [0.05, 0.1) is 12.0 Å². The molecule has 2 fully saturated rings. The summed E-state index contributed by atoms with van der Waals surface area (Å²) in [6.45, 7) is 1.88. The van der Waals surface area contributed by atoms with Gasteiger partial charge in [-0.2, -0.15) is 0 Å². The van der Waals surface area contributed by atoms with Crippen molar-refractivity contribution >= 4 is 11.9 Å². The van der Waals surface area contributed by atoms with Gasteiger partial charge in [0.2, 0.25) is 5.91 Å². The molecule has 18 heavy (non-hydrogen) atoms. The van der Waals surface area contributed by atoms with Crippen molar-refractivity contribution in [3.8, 4) is 0 Å². The zero-order chi connectivity index (χ0) is 13.1. The number of nitrogens with one attached hydrogen (secondary N) is 2. The van der Waals surface area contributed by atoms with Gasteiger partial charge in [-0.05, 0) is 45.4 Å². The third-order valence-electron chi connectivity index (χ3n) is 3.88. The van der Waals surface area contributed by atoms with Crippen molar-refractivity contribution in [2.75, 3.05) is 0 Å². The van der Waals surface area contributed by atoms with Gasteiger partial charge in [-0.3, -0.25) is 9.59 Å². The summed E-state index contributed by atoms with van der Waals surface area (Å²) in [5.74, 6) is -0.815. The molecule has 2 rings (SSSR count). The molecule has 1 amide bonds. The molecular formula is C13H22N2O3. The summed E-state index contributed by atoms with van der Waals surface area (Å²) in [6.07, 6.45) is 5.31. The maximum absolute atomic E-state index is 11.8. The van der Waals surface area contributed by atoms with Crippen molar-refractivity contribution in [2.45, 2.75) is 63.6 Å². The molecule has 5 nitrogen and oxygen atoms in total. The summed E-state index contributed by atoms with van der Waals surface area (Å²) in [6, 6.07) is 0.488. The van der Waals surface area contributed by atoms with Gasteiger partial charge < -0.3 is 15.7 Å². The maximum Gasteiger partial charge on any atom is 0.306 e. The standard InChI is InChI=1S/C13H22N2O3/c1-8(12(16)15-11-6-7-11)14-10-4-2-9(3-5-10)13(17)18/h8-11,14H,2-7H2,1H3,(H,15,16)(H,17,18). The monoisotopic (exact) mass is 254 g/mol. The van der Waals surface area contributed by atoms with E-state index in [9.17, 15) is 9.59 Å². The Labute approximate surface area is 107 Å². The summed E-state index contributed by atoms with van der Waals surface area (Å²) in [5, 5.41) is 15.2. The van der Waals surface area contributed by atoms with Gasteiger partial charge in [-0.25, -0.2) is 0 Å². The van der Waals surface area contributed by atoms with Crippen molar-refractivity contribution in [2.24, 2.45) is 5.92 Å². The first-order valence-electron chi connectivity index (χ1n) is 6.85. The van der Waals surface area contributed by atoms with Crippen LogP contribution in [0.2, 0.25) is 0 Å². The van der Waals surface area contributed by atoms with E-state index >= 15 is 0 Å². The van der Waals surface area contributed by atoms with Crippen LogP contribution in [-0.4, -0.2) is 35.1 Å². The molecule has 1 unspecified atom stereocenters. The molecule has 0 aliphatic heterocycles. The molecule has 0 aromatic rings. The molecule has 0 radical (unpaired) electrons. The quantitative estimate of drug-likeness (QED) is 0.680. The van der Waals surface area contributed by atoms with Gasteiger partial charge in [0.1, 0.15) is 0 Å². The van der Waals surface area contributed by atoms with Crippen LogP contribution in [0.5, 0.6) is 0 Å². The smallest absolute Gasteiger partial charge is 0.306 e. The van der Waals surface area contributed by atoms with Crippen molar-refractivity contribution in [1.82, 2.24) is 10.6 Å². The van der Waals surface area contributed by atoms with E-state index in [1.54, 1.807) is 0 Å². The maximum atomic E-state index is 11.8. The Morgan fingerprint density at radius 2 is 1.61 bits per heavy atom. The molecule has 102 valence electrons. The van der Waals surface area contributed by atoms with E-state index in [4.69, 9.17) is 5.11 Å². The van der Waals surface area contributed by atoms with Crippen LogP contribution in [0.1, 0.15) is 45.4 Å². The molecule has 0 heterocycles. The van der Waals surface area contributed by atoms with E-state index in [2.05, 4.69) is 10.6 Å². The molecule has 5 heteroatoms. The first-order chi connectivity index (χ1) is 8.56. The SMILES string of the molecule is CC(NC1CCC(C(=O)O)CC1)C(=O)NC1CC1. The van der Waals surface area contributed by atoms with Gasteiger partial charge in [0.15, 0.2) is 0 Å². The molecule has 0 aromatic heterocycles. The first-order valence-corrected chi connectivity index (χ1v) is 6.85. The van der Waals surface area contributed by atoms with Gasteiger partial charge in [0, 0.05) is 12.1 Å². The highest BCUT2D eigenvalue weighted by molar-refractivity contribution is 5.81. The Morgan fingerprint density at radius 1 is 1.06 bits per heavy atom. The Hall–Kier alpha value is -1.10. The molecule has 0 aromatic carbocycles. The average molecular weight is 254 g/mol. The fourth-order valence-electron chi connectivity index (χ4n) is 2.49. The Bertz CT molecular complexity index is 320. The molecular weight excluding hydrogens is 232 g/mol. The lowest BCUT2D eigenvalue weighted by atomic mass is 9.86. The lowest BCUT2D eigenvalue weighted by Gasteiger charge is -2.29. The second-order valence-electron chi connectivity index (χ2n) is 5.56. The van der Waals surface area contributed by atoms with E-state index in [-0.39, 0.29) is 23.9 Å². The minimum atomic E-state index is -0.687. The van der Waals surface area contributed by atoms with E-state index in [0.717, 1.165) is 25.7 Å². The molecule has 2 aliphatic carbocycles. The molecule has 1 atom stereocenters. The van der Waals surface area contributed by atoms with E-state index in [1.165, 1.54) is 0 Å². The highest BCUT2D eigenvalue weighted by Crippen LogP contribution is 2.24. The van der Waals surface area contributed by atoms with Crippen LogP contribution in [0.3, 0.4) is 0 Å². The molecule has 2 saturated carbocycles. The third-order valence-corrected chi connectivity index (χ3v) is 3.88. The first kappa shape index (κ1) is 13.3. The number of carbonyl (C=O) groups is 2. The number of aliphatic carboxylic acids is 1. The van der Waals surface area contributed by atoms with Crippen molar-refractivity contribution in [3.05, 3.63) is 0 Å². The van der Waals surface area contributed by atoms with Crippen LogP contribution in [0.25, 0.3) is 0 Å². The van der Waals surface area contributed by atoms with Gasteiger partial charge in [-0.15, -0.1) is 0 Å². The van der Waals surface area contributed by atoms with Crippen LogP contribution in [0.15, 0.2) is 0 Å². The van der Waals surface area contributed by atoms with E-state index < -0.39 is 5.97 Å². The van der Waals surface area contributed by atoms with E-state index in [0.29, 0.717) is 18.9 Å². The molecule has 2 aliphatic rings. The van der Waals surface area contributed by atoms with Crippen LogP contribution in [0, 0.1) is 5.92 Å². The summed E-state index contributed by atoms with van der Waals surface area (Å²) < 4.78 is 0. The summed E-state index contributed by atoms with van der Waals surface area (Å²) in [7, 11) is 0. The molecule has 0 saturated heterocycles. The predicted molar refractivity (Wildman–Crippen MR) is 67.1 cm³/mol. The molecule has 0 spiro atoms. The number of carbonyl (C=O) groups excluding carboxylic acids is 1. The summed E-state index contributed by atoms with van der Waals surface area (Å²) in [4.78, 5) is 22.6. The molecule has 0 bridgehead atoms. The lowest BCUT2D eigenvalue weighted by Crippen LogP contribution is -2.48. The van der Waals surface area contributed by atoms with Gasteiger partial charge >= 0.3 is 5.97 Å². The lowest BCUT2D eigenvalue weighted by molar-refractivity contribution is -0.143. The number of amides is 1. The third kappa shape index (κ3) is 3.70. The highest BCUT2D eigenvalue weighted by Gasteiger charge is 2.29. The molecule has 3 N–H and O–H groups in total. The van der Waals surface area contributed by atoms with Crippen molar-refractivity contribution < 1.29 is 14.7 Å². The predicted octanol–water partition coefficient (Wildman–Crippen LogP) is 0.886. The normalized spacial score (nSPS) is 29.6. The number of rotatable bonds is 5. The van der Waals surface area contributed by atoms with Crippen LogP contribution in [0.4, 0.5) is 0 Å². The van der Waals surface area contributed by atoms with Gasteiger partial charge in [0.25, 0.3) is 0 Å². The fourth-order valence-corrected chi connectivity index (χ4v) is 2.49. The number of carboxylic acids is 1. The average Bonchev–Trinajstić information content (AvgIpc) is 3.13. The Morgan fingerprint density at radius 3 is 2.11 bits per heavy atom. The number of carboxylic acid groups (broad SMARTS) is 1. The summed E-state index contributed by atoms with van der Waals surface area (Å²) >= 11 is 0. The van der Waals surface area contributed by atoms with Crippen molar-refractivity contribution in [1.29, 1.82) is 0 Å². The summed E-state index contributed by atoms with van der Waals surface area (Å²) in [5.41, 5.74) is 0. The number of hydrogen-bond donors (Lipinski definition) is 3. The van der Waals surface area contributed by atoms with Crippen LogP contribution >= 0.6 is 0 Å². The largest absolute Gasteiger partial charge is 0.481 e. The fraction of sp³-hybridized carbons (Fsp3) is 0.846. The van der Waals surface area contributed by atoms with E-state index in [1.807, 2.05) is 6.92 Å².